The van der Waals surface area contributed by atoms with Crippen molar-refractivity contribution in [2.24, 2.45) is 5.73 Å². The van der Waals surface area contributed by atoms with Crippen LogP contribution >= 0.6 is 11.6 Å². The average Bonchev–Trinajstić information content (AvgIpc) is 3.30. The molecule has 1 aliphatic carbocycles. The number of carbonyl (C=O) groups excluding carboxylic acids is 1. The second-order valence-electron chi connectivity index (χ2n) is 9.11. The van der Waals surface area contributed by atoms with Crippen LogP contribution < -0.4 is 5.73 Å². The molecule has 0 atom stereocenters. The Kier molecular flexibility index (Phi) is 5.87. The van der Waals surface area contributed by atoms with Gasteiger partial charge in [0.15, 0.2) is 5.82 Å². The standard InChI is InChI=1S/C25H26ClN5O3/c26-19-6-2-5-18(14-19)25(15-27)9-7-20(8-10-25)30-11-12-31-21(28-29-22(31)23(30)32)16-3-1-4-17(13-16)24(33)34/h1-6,13-14,20H,7-12,15,27H2,(H,33,34)/t20-,25-. The van der Waals surface area contributed by atoms with Gasteiger partial charge in [0.25, 0.3) is 5.91 Å². The Hall–Kier alpha value is -3.23. The van der Waals surface area contributed by atoms with Crippen molar-refractivity contribution in [3.05, 3.63) is 70.5 Å². The summed E-state index contributed by atoms with van der Waals surface area (Å²) >= 11 is 6.23. The predicted octanol–water partition coefficient (Wildman–Crippen LogP) is 3.59. The first-order valence-corrected chi connectivity index (χ1v) is 11.8. The van der Waals surface area contributed by atoms with Crippen LogP contribution in [0.15, 0.2) is 48.5 Å². The van der Waals surface area contributed by atoms with Crippen LogP contribution in [0.2, 0.25) is 5.02 Å². The van der Waals surface area contributed by atoms with Crippen molar-refractivity contribution in [1.29, 1.82) is 0 Å². The number of nitrogens with two attached hydrogens (primary N) is 1. The van der Waals surface area contributed by atoms with Crippen LogP contribution in [-0.4, -0.2) is 55.8 Å². The summed E-state index contributed by atoms with van der Waals surface area (Å²) in [6, 6.07) is 14.6. The van der Waals surface area contributed by atoms with Gasteiger partial charge in [-0.1, -0.05) is 35.9 Å². The highest BCUT2D eigenvalue weighted by molar-refractivity contribution is 6.30. The monoisotopic (exact) mass is 479 g/mol. The Balaban J connectivity index is 1.34. The molecule has 1 aliphatic heterocycles. The summed E-state index contributed by atoms with van der Waals surface area (Å²) < 4.78 is 1.79. The minimum absolute atomic E-state index is 0.121. The summed E-state index contributed by atoms with van der Waals surface area (Å²) in [4.78, 5) is 26.6. The number of hydrogen-bond acceptors (Lipinski definition) is 5. The smallest absolute Gasteiger partial charge is 0.335 e. The van der Waals surface area contributed by atoms with E-state index in [1.54, 1.807) is 22.8 Å². The van der Waals surface area contributed by atoms with Crippen molar-refractivity contribution in [1.82, 2.24) is 19.7 Å². The van der Waals surface area contributed by atoms with E-state index in [2.05, 4.69) is 16.3 Å². The summed E-state index contributed by atoms with van der Waals surface area (Å²) in [5.41, 5.74) is 8.08. The molecule has 3 aromatic rings. The van der Waals surface area contributed by atoms with Gasteiger partial charge in [0, 0.05) is 41.7 Å². The summed E-state index contributed by atoms with van der Waals surface area (Å²) in [6.45, 7) is 1.67. The number of hydrogen-bond donors (Lipinski definition) is 2. The van der Waals surface area contributed by atoms with Crippen molar-refractivity contribution < 1.29 is 14.7 Å². The molecule has 176 valence electrons. The molecule has 1 aromatic heterocycles. The lowest BCUT2D eigenvalue weighted by Gasteiger charge is -2.44. The number of carboxylic acids is 1. The van der Waals surface area contributed by atoms with Crippen LogP contribution in [-0.2, 0) is 12.0 Å². The van der Waals surface area contributed by atoms with Gasteiger partial charge in [-0.05, 0) is 55.5 Å². The summed E-state index contributed by atoms with van der Waals surface area (Å²) in [7, 11) is 0. The Morgan fingerprint density at radius 3 is 2.53 bits per heavy atom. The van der Waals surface area contributed by atoms with Crippen LogP contribution in [0.4, 0.5) is 0 Å². The van der Waals surface area contributed by atoms with Crippen molar-refractivity contribution in [2.75, 3.05) is 13.1 Å². The largest absolute Gasteiger partial charge is 0.478 e. The third kappa shape index (κ3) is 3.86. The molecule has 0 bridgehead atoms. The molecule has 34 heavy (non-hydrogen) atoms. The first-order valence-electron chi connectivity index (χ1n) is 11.5. The van der Waals surface area contributed by atoms with Gasteiger partial charge in [0.05, 0.1) is 5.56 Å². The lowest BCUT2D eigenvalue weighted by molar-refractivity contribution is 0.0523. The molecule has 0 spiro atoms. The van der Waals surface area contributed by atoms with Crippen molar-refractivity contribution >= 4 is 23.5 Å². The van der Waals surface area contributed by atoms with Crippen LogP contribution in [0.25, 0.3) is 11.4 Å². The number of nitrogens with zero attached hydrogens (tertiary/aromatic N) is 4. The van der Waals surface area contributed by atoms with E-state index in [1.165, 1.54) is 11.6 Å². The molecule has 2 aliphatic rings. The number of benzene rings is 2. The quantitative estimate of drug-likeness (QED) is 0.578. The van der Waals surface area contributed by atoms with Gasteiger partial charge in [0.1, 0.15) is 0 Å². The van der Waals surface area contributed by atoms with Crippen molar-refractivity contribution in [3.63, 3.8) is 0 Å². The topological polar surface area (TPSA) is 114 Å². The Labute approximate surface area is 202 Å². The molecular formula is C25H26ClN5O3. The molecule has 1 amide bonds. The molecule has 1 saturated carbocycles. The number of rotatable bonds is 5. The van der Waals surface area contributed by atoms with Gasteiger partial charge in [-0.25, -0.2) is 4.79 Å². The van der Waals surface area contributed by atoms with Crippen molar-refractivity contribution in [2.45, 2.75) is 43.7 Å². The Morgan fingerprint density at radius 1 is 1.09 bits per heavy atom. The van der Waals surface area contributed by atoms with Gasteiger partial charge >= 0.3 is 5.97 Å². The predicted molar refractivity (Wildman–Crippen MR) is 128 cm³/mol. The number of amides is 1. The van der Waals surface area contributed by atoms with Gasteiger partial charge in [-0.3, -0.25) is 4.79 Å². The molecule has 1 fully saturated rings. The number of fused-ring (bicyclic) bond motifs is 1. The van der Waals surface area contributed by atoms with E-state index in [1.807, 2.05) is 23.1 Å². The number of halogens is 1. The summed E-state index contributed by atoms with van der Waals surface area (Å²) in [6.07, 6.45) is 3.49. The fraction of sp³-hybridized carbons (Fsp3) is 0.360. The van der Waals surface area contributed by atoms with E-state index in [9.17, 15) is 14.7 Å². The first-order chi connectivity index (χ1) is 16.4. The fourth-order valence-electron chi connectivity index (χ4n) is 5.36. The zero-order valence-electron chi connectivity index (χ0n) is 18.7. The second-order valence-corrected chi connectivity index (χ2v) is 9.55. The summed E-state index contributed by atoms with van der Waals surface area (Å²) in [5, 5.41) is 18.4. The highest BCUT2D eigenvalue weighted by Gasteiger charge is 2.40. The second kappa shape index (κ2) is 8.85. The number of carbonyl (C=O) groups is 2. The number of aromatic nitrogens is 3. The van der Waals surface area contributed by atoms with E-state index < -0.39 is 5.97 Å². The molecule has 3 N–H and O–H groups in total. The van der Waals surface area contributed by atoms with Gasteiger partial charge in [0.2, 0.25) is 5.82 Å². The number of aromatic carboxylic acids is 1. The highest BCUT2D eigenvalue weighted by Crippen LogP contribution is 2.41. The minimum atomic E-state index is -1.01. The first kappa shape index (κ1) is 22.6. The molecule has 0 unspecified atom stereocenters. The van der Waals surface area contributed by atoms with E-state index in [4.69, 9.17) is 17.3 Å². The molecule has 0 radical (unpaired) electrons. The van der Waals surface area contributed by atoms with Crippen molar-refractivity contribution in [3.8, 4) is 11.4 Å². The Bertz CT molecular complexity index is 1250. The minimum Gasteiger partial charge on any atom is -0.478 e. The normalized spacial score (nSPS) is 22.5. The van der Waals surface area contributed by atoms with Crippen LogP contribution in [0, 0.1) is 0 Å². The third-order valence-electron chi connectivity index (χ3n) is 7.32. The molecule has 9 heteroatoms. The van der Waals surface area contributed by atoms with Gasteiger partial charge < -0.3 is 20.3 Å². The number of carboxylic acid groups (broad SMARTS) is 1. The van der Waals surface area contributed by atoms with Crippen LogP contribution in [0.1, 0.15) is 52.2 Å². The lowest BCUT2D eigenvalue weighted by Crippen LogP contribution is -2.50. The zero-order chi connectivity index (χ0) is 23.9. The SMILES string of the molecule is NC[C@]1(c2cccc(Cl)c2)CC[C@H](N2CCn3c(nnc3-c3cccc(C(=O)O)c3)C2=O)CC1. The maximum atomic E-state index is 13.3. The summed E-state index contributed by atoms with van der Waals surface area (Å²) in [5.74, 6) is -0.330. The highest BCUT2D eigenvalue weighted by atomic mass is 35.5. The van der Waals surface area contributed by atoms with Crippen LogP contribution in [0.3, 0.4) is 0 Å². The van der Waals surface area contributed by atoms with E-state index in [0.717, 1.165) is 25.7 Å². The Morgan fingerprint density at radius 2 is 1.82 bits per heavy atom. The molecule has 0 saturated heterocycles. The zero-order valence-corrected chi connectivity index (χ0v) is 19.4. The van der Waals surface area contributed by atoms with Gasteiger partial charge in [-0.15, -0.1) is 10.2 Å². The van der Waals surface area contributed by atoms with E-state index >= 15 is 0 Å². The van der Waals surface area contributed by atoms with Gasteiger partial charge in [-0.2, -0.15) is 0 Å². The molecular weight excluding hydrogens is 454 g/mol. The molecule has 2 aromatic carbocycles. The van der Waals surface area contributed by atoms with E-state index in [0.29, 0.717) is 41.9 Å². The fourth-order valence-corrected chi connectivity index (χ4v) is 5.55. The third-order valence-corrected chi connectivity index (χ3v) is 7.55. The maximum absolute atomic E-state index is 13.3. The molecule has 8 nitrogen and oxygen atoms in total. The maximum Gasteiger partial charge on any atom is 0.335 e. The lowest BCUT2D eigenvalue weighted by atomic mass is 9.68. The van der Waals surface area contributed by atoms with Crippen LogP contribution in [0.5, 0.6) is 0 Å². The van der Waals surface area contributed by atoms with E-state index in [-0.39, 0.29) is 22.9 Å². The average molecular weight is 480 g/mol. The molecule has 5 rings (SSSR count). The molecule has 2 heterocycles.